The Morgan fingerprint density at radius 3 is 2.60 bits per heavy atom. The van der Waals surface area contributed by atoms with Gasteiger partial charge in [0.05, 0.1) is 12.1 Å². The highest BCUT2D eigenvalue weighted by Crippen LogP contribution is 2.10. The average molecular weight is 214 g/mol. The zero-order chi connectivity index (χ0) is 11.4. The fourth-order valence-corrected chi connectivity index (χ4v) is 0.942. The van der Waals surface area contributed by atoms with Gasteiger partial charge in [0.1, 0.15) is 0 Å². The molecule has 0 aromatic heterocycles. The minimum absolute atomic E-state index is 0.422. The van der Waals surface area contributed by atoms with Crippen molar-refractivity contribution < 1.29 is 18.4 Å². The lowest BCUT2D eigenvalue weighted by molar-refractivity contribution is -0.117. The molecule has 0 saturated carbocycles. The van der Waals surface area contributed by atoms with E-state index in [4.69, 9.17) is 5.73 Å². The highest BCUT2D eigenvalue weighted by atomic mass is 19.2. The van der Waals surface area contributed by atoms with Crippen LogP contribution in [0.3, 0.4) is 0 Å². The summed E-state index contributed by atoms with van der Waals surface area (Å²) in [7, 11) is 0. The Hall–Kier alpha value is -1.98. The lowest BCUT2D eigenvalue weighted by Crippen LogP contribution is -2.33. The molecule has 0 heterocycles. The van der Waals surface area contributed by atoms with Crippen LogP contribution in [0.1, 0.15) is 10.4 Å². The number of rotatable bonds is 3. The molecule has 0 bridgehead atoms. The van der Waals surface area contributed by atoms with Gasteiger partial charge in [-0.2, -0.15) is 0 Å². The van der Waals surface area contributed by atoms with Crippen molar-refractivity contribution in [1.29, 1.82) is 0 Å². The Kier molecular flexibility index (Phi) is 3.33. The number of benzene rings is 1. The monoisotopic (exact) mass is 214 g/mol. The summed E-state index contributed by atoms with van der Waals surface area (Å²) in [6.07, 6.45) is 0. The van der Waals surface area contributed by atoms with Crippen LogP contribution in [0.5, 0.6) is 0 Å². The molecule has 1 aromatic rings. The Morgan fingerprint density at radius 2 is 2.00 bits per heavy atom. The maximum atomic E-state index is 13.0. The molecule has 0 aliphatic carbocycles. The summed E-state index contributed by atoms with van der Waals surface area (Å²) >= 11 is 0. The maximum Gasteiger partial charge on any atom is 0.254 e. The molecule has 0 unspecified atom stereocenters. The molecule has 0 radical (unpaired) electrons. The van der Waals surface area contributed by atoms with Crippen molar-refractivity contribution >= 4 is 11.8 Å². The van der Waals surface area contributed by atoms with Crippen LogP contribution in [0.15, 0.2) is 18.2 Å². The first kappa shape index (κ1) is 11.1. The molecule has 1 rings (SSSR count). The van der Waals surface area contributed by atoms with Gasteiger partial charge in [0.2, 0.25) is 5.91 Å². The van der Waals surface area contributed by atoms with Crippen molar-refractivity contribution in [3.05, 3.63) is 35.4 Å². The summed E-state index contributed by atoms with van der Waals surface area (Å²) in [5.74, 6) is -4.02. The minimum atomic E-state index is -1.25. The third-order valence-corrected chi connectivity index (χ3v) is 1.62. The number of halogens is 2. The van der Waals surface area contributed by atoms with E-state index in [9.17, 15) is 18.4 Å². The van der Waals surface area contributed by atoms with Crippen LogP contribution in [-0.4, -0.2) is 18.4 Å². The topological polar surface area (TPSA) is 72.2 Å². The molecular formula is C9H8F2N2O2. The van der Waals surface area contributed by atoms with E-state index in [1.165, 1.54) is 6.07 Å². The van der Waals surface area contributed by atoms with Crippen LogP contribution < -0.4 is 11.1 Å². The first-order chi connectivity index (χ1) is 7.02. The van der Waals surface area contributed by atoms with Crippen molar-refractivity contribution in [2.75, 3.05) is 6.54 Å². The summed E-state index contributed by atoms with van der Waals surface area (Å²) in [6.45, 7) is -0.422. The van der Waals surface area contributed by atoms with Crippen molar-refractivity contribution in [2.24, 2.45) is 5.73 Å². The number of carbonyl (C=O) groups is 2. The predicted octanol–water partition coefficient (Wildman–Crippen LogP) is 0.180. The molecule has 3 N–H and O–H groups in total. The van der Waals surface area contributed by atoms with Gasteiger partial charge in [0.15, 0.2) is 11.6 Å². The SMILES string of the molecule is NC(=O)CNC(=O)c1cccc(F)c1F. The van der Waals surface area contributed by atoms with Crippen molar-refractivity contribution in [3.8, 4) is 0 Å². The zero-order valence-corrected chi connectivity index (χ0v) is 7.59. The van der Waals surface area contributed by atoms with Crippen LogP contribution in [0.4, 0.5) is 8.78 Å². The first-order valence-electron chi connectivity index (χ1n) is 4.03. The van der Waals surface area contributed by atoms with E-state index < -0.39 is 35.6 Å². The van der Waals surface area contributed by atoms with Crippen LogP contribution in [0.25, 0.3) is 0 Å². The second-order valence-corrected chi connectivity index (χ2v) is 2.75. The summed E-state index contributed by atoms with van der Waals surface area (Å²) in [4.78, 5) is 21.5. The molecule has 0 fully saturated rings. The van der Waals surface area contributed by atoms with Gasteiger partial charge in [-0.3, -0.25) is 9.59 Å². The fraction of sp³-hybridized carbons (Fsp3) is 0.111. The second-order valence-electron chi connectivity index (χ2n) is 2.75. The molecule has 1 aromatic carbocycles. The van der Waals surface area contributed by atoms with E-state index in [2.05, 4.69) is 0 Å². The molecule has 0 saturated heterocycles. The lowest BCUT2D eigenvalue weighted by Gasteiger charge is -2.03. The van der Waals surface area contributed by atoms with Crippen molar-refractivity contribution in [2.45, 2.75) is 0 Å². The number of nitrogens with two attached hydrogens (primary N) is 1. The molecule has 15 heavy (non-hydrogen) atoms. The summed E-state index contributed by atoms with van der Waals surface area (Å²) < 4.78 is 25.7. The third-order valence-electron chi connectivity index (χ3n) is 1.62. The summed E-state index contributed by atoms with van der Waals surface area (Å²) in [5.41, 5.74) is 4.30. The molecule has 2 amide bonds. The molecule has 0 atom stereocenters. The standard InChI is InChI=1S/C9H8F2N2O2/c10-6-3-1-2-5(8(6)11)9(15)13-4-7(12)14/h1-3H,4H2,(H2,12,14)(H,13,15). The molecule has 4 nitrogen and oxygen atoms in total. The van der Waals surface area contributed by atoms with Crippen LogP contribution >= 0.6 is 0 Å². The van der Waals surface area contributed by atoms with Crippen LogP contribution in [-0.2, 0) is 4.79 Å². The van der Waals surface area contributed by atoms with Crippen LogP contribution in [0, 0.1) is 11.6 Å². The Balaban J connectivity index is 2.82. The number of amides is 2. The summed E-state index contributed by atoms with van der Waals surface area (Å²) in [6, 6.07) is 3.19. The second kappa shape index (κ2) is 4.50. The van der Waals surface area contributed by atoms with Gasteiger partial charge in [-0.1, -0.05) is 6.07 Å². The van der Waals surface area contributed by atoms with E-state index in [-0.39, 0.29) is 0 Å². The van der Waals surface area contributed by atoms with Gasteiger partial charge in [-0.05, 0) is 12.1 Å². The average Bonchev–Trinajstić information content (AvgIpc) is 2.18. The number of nitrogens with one attached hydrogen (secondary N) is 1. The van der Waals surface area contributed by atoms with Crippen molar-refractivity contribution in [3.63, 3.8) is 0 Å². The Labute approximate surface area is 84.1 Å². The molecule has 0 spiro atoms. The van der Waals surface area contributed by atoms with E-state index >= 15 is 0 Å². The maximum absolute atomic E-state index is 13.0. The normalized spacial score (nSPS) is 9.73. The van der Waals surface area contributed by atoms with E-state index in [1.807, 2.05) is 5.32 Å². The fourth-order valence-electron chi connectivity index (χ4n) is 0.942. The van der Waals surface area contributed by atoms with Gasteiger partial charge in [0.25, 0.3) is 5.91 Å². The zero-order valence-electron chi connectivity index (χ0n) is 7.59. The lowest BCUT2D eigenvalue weighted by atomic mass is 10.2. The molecule has 6 heteroatoms. The Bertz CT molecular complexity index is 407. The minimum Gasteiger partial charge on any atom is -0.368 e. The van der Waals surface area contributed by atoms with Gasteiger partial charge in [-0.25, -0.2) is 8.78 Å². The van der Waals surface area contributed by atoms with Gasteiger partial charge >= 0.3 is 0 Å². The highest BCUT2D eigenvalue weighted by molar-refractivity contribution is 5.96. The van der Waals surface area contributed by atoms with Crippen molar-refractivity contribution in [1.82, 2.24) is 5.32 Å². The van der Waals surface area contributed by atoms with E-state index in [0.29, 0.717) is 0 Å². The third kappa shape index (κ3) is 2.73. The number of carbonyl (C=O) groups excluding carboxylic acids is 2. The Morgan fingerprint density at radius 1 is 1.33 bits per heavy atom. The first-order valence-corrected chi connectivity index (χ1v) is 4.03. The van der Waals surface area contributed by atoms with Gasteiger partial charge in [-0.15, -0.1) is 0 Å². The molecular weight excluding hydrogens is 206 g/mol. The number of primary amides is 1. The quantitative estimate of drug-likeness (QED) is 0.753. The molecule has 0 aliphatic rings. The summed E-state index contributed by atoms with van der Waals surface area (Å²) in [5, 5.41) is 2.05. The molecule has 80 valence electrons. The largest absolute Gasteiger partial charge is 0.368 e. The molecule has 0 aliphatic heterocycles. The predicted molar refractivity (Wildman–Crippen MR) is 47.9 cm³/mol. The number of hydrogen-bond donors (Lipinski definition) is 2. The van der Waals surface area contributed by atoms with E-state index in [0.717, 1.165) is 12.1 Å². The number of hydrogen-bond acceptors (Lipinski definition) is 2. The van der Waals surface area contributed by atoms with E-state index in [1.54, 1.807) is 0 Å². The van der Waals surface area contributed by atoms with Gasteiger partial charge < -0.3 is 11.1 Å². The smallest absolute Gasteiger partial charge is 0.254 e. The van der Waals surface area contributed by atoms with Crippen LogP contribution in [0.2, 0.25) is 0 Å². The van der Waals surface area contributed by atoms with Gasteiger partial charge in [0, 0.05) is 0 Å². The highest BCUT2D eigenvalue weighted by Gasteiger charge is 2.14.